The first kappa shape index (κ1) is 9.07. The first-order valence-corrected chi connectivity index (χ1v) is 4.06. The number of hydrogen-bond donors (Lipinski definition) is 1. The Morgan fingerprint density at radius 2 is 2.07 bits per heavy atom. The molecule has 2 rings (SSSR count). The van der Waals surface area contributed by atoms with E-state index in [1.807, 2.05) is 0 Å². The summed E-state index contributed by atoms with van der Waals surface area (Å²) in [6.07, 6.45) is 0. The molecule has 0 amide bonds. The molecular weight excluding hydrogens is 210 g/mol. The SMILES string of the molecule is Fc1ccc(-n2nnnc2S)c(F)c1. The predicted molar refractivity (Wildman–Crippen MR) is 46.3 cm³/mol. The van der Waals surface area contributed by atoms with Crippen LogP contribution in [0.15, 0.2) is 23.4 Å². The van der Waals surface area contributed by atoms with Crippen molar-refractivity contribution >= 4 is 12.6 Å². The van der Waals surface area contributed by atoms with Gasteiger partial charge in [-0.3, -0.25) is 0 Å². The molecule has 7 heteroatoms. The lowest BCUT2D eigenvalue weighted by Gasteiger charge is -2.01. The van der Waals surface area contributed by atoms with E-state index in [-0.39, 0.29) is 10.8 Å². The molecule has 0 atom stereocenters. The molecule has 1 heterocycles. The minimum atomic E-state index is -0.743. The molecule has 0 saturated heterocycles. The smallest absolute Gasteiger partial charge is 0.207 e. The van der Waals surface area contributed by atoms with Crippen molar-refractivity contribution in [3.8, 4) is 5.69 Å². The molecule has 0 aliphatic rings. The van der Waals surface area contributed by atoms with Gasteiger partial charge in [0.25, 0.3) is 0 Å². The minimum absolute atomic E-state index is 0.0569. The highest BCUT2D eigenvalue weighted by Crippen LogP contribution is 2.15. The molecule has 0 N–H and O–H groups in total. The maximum atomic E-state index is 13.2. The van der Waals surface area contributed by atoms with Gasteiger partial charge in [-0.2, -0.15) is 4.68 Å². The number of hydrogen-bond acceptors (Lipinski definition) is 4. The predicted octanol–water partition coefficient (Wildman–Crippen LogP) is 1.23. The molecule has 4 nitrogen and oxygen atoms in total. The summed E-state index contributed by atoms with van der Waals surface area (Å²) in [6, 6.07) is 3.11. The number of tetrazole rings is 1. The van der Waals surface area contributed by atoms with Crippen LogP contribution < -0.4 is 0 Å². The van der Waals surface area contributed by atoms with E-state index in [0.717, 1.165) is 16.8 Å². The summed E-state index contributed by atoms with van der Waals surface area (Å²) in [4.78, 5) is 0. The van der Waals surface area contributed by atoms with Crippen molar-refractivity contribution in [1.29, 1.82) is 0 Å². The highest BCUT2D eigenvalue weighted by molar-refractivity contribution is 7.80. The Hall–Kier alpha value is -1.50. The van der Waals surface area contributed by atoms with Crippen LogP contribution in [0, 0.1) is 11.6 Å². The zero-order valence-corrected chi connectivity index (χ0v) is 7.62. The highest BCUT2D eigenvalue weighted by atomic mass is 32.1. The summed E-state index contributed by atoms with van der Waals surface area (Å²) in [6.45, 7) is 0. The van der Waals surface area contributed by atoms with Gasteiger partial charge in [0.1, 0.15) is 11.5 Å². The van der Waals surface area contributed by atoms with Crippen molar-refractivity contribution in [2.45, 2.75) is 5.16 Å². The van der Waals surface area contributed by atoms with E-state index in [1.54, 1.807) is 0 Å². The van der Waals surface area contributed by atoms with Crippen LogP contribution >= 0.6 is 12.6 Å². The Kier molecular flexibility index (Phi) is 2.16. The van der Waals surface area contributed by atoms with Gasteiger partial charge in [-0.05, 0) is 22.6 Å². The molecule has 2 aromatic rings. The maximum absolute atomic E-state index is 13.2. The first-order valence-electron chi connectivity index (χ1n) is 3.61. The number of aromatic nitrogens is 4. The molecule has 0 bridgehead atoms. The van der Waals surface area contributed by atoms with Gasteiger partial charge in [0, 0.05) is 6.07 Å². The van der Waals surface area contributed by atoms with E-state index < -0.39 is 11.6 Å². The Labute approximate surface area is 83.0 Å². The lowest BCUT2D eigenvalue weighted by molar-refractivity contribution is 0.567. The molecule has 0 spiro atoms. The summed E-state index contributed by atoms with van der Waals surface area (Å²) in [5.74, 6) is -1.40. The monoisotopic (exact) mass is 214 g/mol. The van der Waals surface area contributed by atoms with E-state index in [2.05, 4.69) is 28.2 Å². The van der Waals surface area contributed by atoms with Crippen LogP contribution in [0.3, 0.4) is 0 Å². The largest absolute Gasteiger partial charge is 0.211 e. The third-order valence-electron chi connectivity index (χ3n) is 1.59. The summed E-state index contributed by atoms with van der Waals surface area (Å²) in [5.41, 5.74) is 0.0569. The molecular formula is C7H4F2N4S. The standard InChI is InChI=1S/C7H4F2N4S/c8-4-1-2-6(5(9)3-4)13-7(14)10-11-12-13/h1-3H,(H,10,12,14). The quantitative estimate of drug-likeness (QED) is 0.726. The molecule has 1 aromatic carbocycles. The van der Waals surface area contributed by atoms with Crippen LogP contribution in [-0.4, -0.2) is 20.2 Å². The minimum Gasteiger partial charge on any atom is -0.207 e. The van der Waals surface area contributed by atoms with E-state index in [1.165, 1.54) is 6.07 Å². The van der Waals surface area contributed by atoms with Crippen LogP contribution in [0.5, 0.6) is 0 Å². The summed E-state index contributed by atoms with van der Waals surface area (Å²) in [5, 5.41) is 10.4. The summed E-state index contributed by atoms with van der Waals surface area (Å²) < 4.78 is 26.8. The zero-order valence-electron chi connectivity index (χ0n) is 6.72. The van der Waals surface area contributed by atoms with Gasteiger partial charge >= 0.3 is 0 Å². The lowest BCUT2D eigenvalue weighted by Crippen LogP contribution is -2.01. The Morgan fingerprint density at radius 1 is 1.29 bits per heavy atom. The zero-order chi connectivity index (χ0) is 10.1. The molecule has 0 aliphatic heterocycles. The van der Waals surface area contributed by atoms with Crippen LogP contribution in [0.1, 0.15) is 0 Å². The Balaban J connectivity index is 2.58. The normalized spacial score (nSPS) is 10.5. The lowest BCUT2D eigenvalue weighted by atomic mass is 10.3. The third kappa shape index (κ3) is 1.46. The molecule has 0 fully saturated rings. The van der Waals surface area contributed by atoms with Crippen LogP contribution in [0.4, 0.5) is 8.78 Å². The topological polar surface area (TPSA) is 43.6 Å². The van der Waals surface area contributed by atoms with Crippen LogP contribution in [-0.2, 0) is 0 Å². The maximum Gasteiger partial charge on any atom is 0.211 e. The van der Waals surface area contributed by atoms with Gasteiger partial charge in [-0.25, -0.2) is 8.78 Å². The fourth-order valence-electron chi connectivity index (χ4n) is 0.991. The van der Waals surface area contributed by atoms with Gasteiger partial charge in [0.2, 0.25) is 5.16 Å². The fraction of sp³-hybridized carbons (Fsp3) is 0. The fourth-order valence-corrected chi connectivity index (χ4v) is 1.18. The number of rotatable bonds is 1. The van der Waals surface area contributed by atoms with Crippen molar-refractivity contribution in [3.05, 3.63) is 29.8 Å². The second-order valence-electron chi connectivity index (χ2n) is 2.49. The number of thiol groups is 1. The average molecular weight is 214 g/mol. The molecule has 0 aliphatic carbocycles. The van der Waals surface area contributed by atoms with E-state index >= 15 is 0 Å². The number of halogens is 2. The molecule has 0 unspecified atom stereocenters. The van der Waals surface area contributed by atoms with Gasteiger partial charge in [0.05, 0.1) is 0 Å². The summed E-state index contributed by atoms with van der Waals surface area (Å²) >= 11 is 3.90. The first-order chi connectivity index (χ1) is 6.68. The van der Waals surface area contributed by atoms with E-state index in [0.29, 0.717) is 0 Å². The molecule has 0 radical (unpaired) electrons. The second-order valence-corrected chi connectivity index (χ2v) is 2.89. The Morgan fingerprint density at radius 3 is 2.64 bits per heavy atom. The van der Waals surface area contributed by atoms with Crippen LogP contribution in [0.25, 0.3) is 5.69 Å². The third-order valence-corrected chi connectivity index (χ3v) is 1.87. The van der Waals surface area contributed by atoms with Gasteiger partial charge in [-0.1, -0.05) is 0 Å². The van der Waals surface area contributed by atoms with Gasteiger partial charge in [-0.15, -0.1) is 17.7 Å². The van der Waals surface area contributed by atoms with Crippen molar-refractivity contribution < 1.29 is 8.78 Å². The molecule has 72 valence electrons. The average Bonchev–Trinajstić information content (AvgIpc) is 2.52. The van der Waals surface area contributed by atoms with Crippen molar-refractivity contribution in [3.63, 3.8) is 0 Å². The highest BCUT2D eigenvalue weighted by Gasteiger charge is 2.10. The summed E-state index contributed by atoms with van der Waals surface area (Å²) in [7, 11) is 0. The Bertz CT molecular complexity index is 470. The van der Waals surface area contributed by atoms with E-state index in [9.17, 15) is 8.78 Å². The molecule has 14 heavy (non-hydrogen) atoms. The van der Waals surface area contributed by atoms with Gasteiger partial charge < -0.3 is 0 Å². The van der Waals surface area contributed by atoms with Gasteiger partial charge in [0.15, 0.2) is 5.82 Å². The van der Waals surface area contributed by atoms with E-state index in [4.69, 9.17) is 0 Å². The number of benzene rings is 1. The molecule has 0 saturated carbocycles. The van der Waals surface area contributed by atoms with Crippen molar-refractivity contribution in [2.24, 2.45) is 0 Å². The second kappa shape index (κ2) is 3.33. The van der Waals surface area contributed by atoms with Crippen molar-refractivity contribution in [2.75, 3.05) is 0 Å². The molecule has 1 aromatic heterocycles. The number of nitrogens with zero attached hydrogens (tertiary/aromatic N) is 4. The van der Waals surface area contributed by atoms with Crippen LogP contribution in [0.2, 0.25) is 0 Å². The van der Waals surface area contributed by atoms with Crippen molar-refractivity contribution in [1.82, 2.24) is 20.2 Å².